The number of nitrogen functional groups attached to an aromatic ring is 1. The van der Waals surface area contributed by atoms with E-state index in [1.807, 2.05) is 0 Å². The van der Waals surface area contributed by atoms with E-state index in [0.717, 1.165) is 17.0 Å². The van der Waals surface area contributed by atoms with Crippen LogP contribution in [-0.2, 0) is 0 Å². The number of benzene rings is 1. The summed E-state index contributed by atoms with van der Waals surface area (Å²) in [5, 5.41) is 0. The Balaban J connectivity index is 1.83. The van der Waals surface area contributed by atoms with Crippen molar-refractivity contribution in [3.05, 3.63) is 42.2 Å². The van der Waals surface area contributed by atoms with Crippen LogP contribution in [0.1, 0.15) is 31.2 Å². The van der Waals surface area contributed by atoms with Gasteiger partial charge < -0.3 is 5.73 Å². The number of hydrogen-bond acceptors (Lipinski definition) is 3. The Labute approximate surface area is 107 Å². The van der Waals surface area contributed by atoms with Crippen molar-refractivity contribution < 1.29 is 0 Å². The summed E-state index contributed by atoms with van der Waals surface area (Å²) < 4.78 is 0. The lowest BCUT2D eigenvalue weighted by Gasteiger charge is -2.11. The normalized spacial score (nSPS) is 16.5. The number of rotatable bonds is 3. The van der Waals surface area contributed by atoms with Gasteiger partial charge in [-0.05, 0) is 35.8 Å². The molecule has 1 aliphatic rings. The third kappa shape index (κ3) is 2.21. The number of nitrogens with zero attached hydrogens (tertiary/aromatic N) is 2. The molecule has 1 aromatic carbocycles. The van der Waals surface area contributed by atoms with E-state index >= 15 is 0 Å². The van der Waals surface area contributed by atoms with Gasteiger partial charge in [0.1, 0.15) is 0 Å². The van der Waals surface area contributed by atoms with Crippen LogP contribution in [0.3, 0.4) is 0 Å². The molecule has 0 amide bonds. The van der Waals surface area contributed by atoms with Crippen LogP contribution in [0.2, 0.25) is 0 Å². The molecule has 0 bridgehead atoms. The molecular weight excluding hydrogens is 222 g/mol. The van der Waals surface area contributed by atoms with Gasteiger partial charge in [0.2, 0.25) is 5.95 Å². The number of anilines is 1. The number of aromatic nitrogens is 2. The van der Waals surface area contributed by atoms with Gasteiger partial charge in [-0.15, -0.1) is 0 Å². The molecule has 1 aliphatic carbocycles. The van der Waals surface area contributed by atoms with Crippen molar-refractivity contribution in [1.29, 1.82) is 0 Å². The first-order valence-corrected chi connectivity index (χ1v) is 6.42. The van der Waals surface area contributed by atoms with Crippen molar-refractivity contribution in [2.24, 2.45) is 5.92 Å². The highest BCUT2D eigenvalue weighted by molar-refractivity contribution is 5.62. The van der Waals surface area contributed by atoms with Gasteiger partial charge in [-0.2, -0.15) is 0 Å². The van der Waals surface area contributed by atoms with Gasteiger partial charge in [0.05, 0.1) is 0 Å². The predicted octanol–water partition coefficient (Wildman–Crippen LogP) is 3.24. The Morgan fingerprint density at radius 1 is 1.06 bits per heavy atom. The predicted molar refractivity (Wildman–Crippen MR) is 73.0 cm³/mol. The van der Waals surface area contributed by atoms with Crippen LogP contribution in [-0.4, -0.2) is 9.97 Å². The number of hydrogen-bond donors (Lipinski definition) is 1. The molecular formula is C15H17N3. The van der Waals surface area contributed by atoms with Crippen LogP contribution in [0.15, 0.2) is 36.7 Å². The van der Waals surface area contributed by atoms with Gasteiger partial charge in [-0.1, -0.05) is 31.2 Å². The summed E-state index contributed by atoms with van der Waals surface area (Å²) >= 11 is 0. The Bertz CT molecular complexity index is 527. The molecule has 3 rings (SSSR count). The summed E-state index contributed by atoms with van der Waals surface area (Å²) in [6, 6.07) is 8.72. The summed E-state index contributed by atoms with van der Waals surface area (Å²) in [5.74, 6) is 1.90. The monoisotopic (exact) mass is 239 g/mol. The molecule has 0 saturated heterocycles. The van der Waals surface area contributed by atoms with E-state index in [-0.39, 0.29) is 0 Å². The van der Waals surface area contributed by atoms with Gasteiger partial charge in [0.15, 0.2) is 0 Å². The van der Waals surface area contributed by atoms with Crippen molar-refractivity contribution in [3.8, 4) is 11.1 Å². The van der Waals surface area contributed by atoms with Gasteiger partial charge in [-0.3, -0.25) is 0 Å². The summed E-state index contributed by atoms with van der Waals surface area (Å²) in [5.41, 5.74) is 9.06. The molecule has 1 atom stereocenters. The molecule has 1 fully saturated rings. The second-order valence-electron chi connectivity index (χ2n) is 5.08. The molecule has 0 aliphatic heterocycles. The van der Waals surface area contributed by atoms with Crippen LogP contribution in [0.4, 0.5) is 5.95 Å². The molecule has 1 aromatic heterocycles. The van der Waals surface area contributed by atoms with Crippen molar-refractivity contribution >= 4 is 5.95 Å². The fourth-order valence-corrected chi connectivity index (χ4v) is 2.33. The highest BCUT2D eigenvalue weighted by Gasteiger charge is 2.28. The van der Waals surface area contributed by atoms with Crippen LogP contribution < -0.4 is 5.73 Å². The molecule has 0 radical (unpaired) electrons. The zero-order valence-electron chi connectivity index (χ0n) is 10.5. The molecule has 3 nitrogen and oxygen atoms in total. The first-order valence-electron chi connectivity index (χ1n) is 6.42. The molecule has 2 N–H and O–H groups in total. The van der Waals surface area contributed by atoms with E-state index in [1.54, 1.807) is 12.4 Å². The summed E-state index contributed by atoms with van der Waals surface area (Å²) in [6.07, 6.45) is 6.30. The largest absolute Gasteiger partial charge is 0.368 e. The molecule has 0 unspecified atom stereocenters. The number of nitrogens with two attached hydrogens (primary N) is 1. The third-order valence-electron chi connectivity index (χ3n) is 3.77. The van der Waals surface area contributed by atoms with Crippen molar-refractivity contribution in [2.45, 2.75) is 25.7 Å². The summed E-state index contributed by atoms with van der Waals surface area (Å²) in [6.45, 7) is 2.32. The highest BCUT2D eigenvalue weighted by Crippen LogP contribution is 2.42. The first-order chi connectivity index (χ1) is 8.74. The summed E-state index contributed by atoms with van der Waals surface area (Å²) in [7, 11) is 0. The summed E-state index contributed by atoms with van der Waals surface area (Å²) in [4.78, 5) is 8.04. The fourth-order valence-electron chi connectivity index (χ4n) is 2.33. The minimum atomic E-state index is 0.317. The fraction of sp³-hybridized carbons (Fsp3) is 0.333. The quantitative estimate of drug-likeness (QED) is 0.894. The minimum absolute atomic E-state index is 0.317. The Morgan fingerprint density at radius 2 is 1.67 bits per heavy atom. The molecule has 1 saturated carbocycles. The lowest BCUT2D eigenvalue weighted by Crippen LogP contribution is -1.96. The molecule has 1 heterocycles. The van der Waals surface area contributed by atoms with Crippen molar-refractivity contribution in [1.82, 2.24) is 9.97 Å². The Kier molecular flexibility index (Phi) is 2.74. The molecule has 92 valence electrons. The molecule has 0 spiro atoms. The third-order valence-corrected chi connectivity index (χ3v) is 3.77. The van der Waals surface area contributed by atoms with E-state index in [0.29, 0.717) is 11.9 Å². The molecule has 18 heavy (non-hydrogen) atoms. The van der Waals surface area contributed by atoms with Crippen LogP contribution in [0.25, 0.3) is 11.1 Å². The minimum Gasteiger partial charge on any atom is -0.368 e. The van der Waals surface area contributed by atoms with E-state index < -0.39 is 0 Å². The maximum absolute atomic E-state index is 5.49. The van der Waals surface area contributed by atoms with Gasteiger partial charge in [0.25, 0.3) is 0 Å². The maximum Gasteiger partial charge on any atom is 0.219 e. The lowest BCUT2D eigenvalue weighted by atomic mass is 9.95. The molecule has 3 heteroatoms. The second kappa shape index (κ2) is 4.41. The van der Waals surface area contributed by atoms with Gasteiger partial charge in [-0.25, -0.2) is 9.97 Å². The maximum atomic E-state index is 5.49. The lowest BCUT2D eigenvalue weighted by molar-refractivity contribution is 0.664. The average Bonchev–Trinajstić information content (AvgIpc) is 3.23. The van der Waals surface area contributed by atoms with Gasteiger partial charge in [0, 0.05) is 18.0 Å². The van der Waals surface area contributed by atoms with E-state index in [2.05, 4.69) is 41.2 Å². The van der Waals surface area contributed by atoms with Gasteiger partial charge >= 0.3 is 0 Å². The average molecular weight is 239 g/mol. The zero-order chi connectivity index (χ0) is 12.5. The Hall–Kier alpha value is -1.90. The first kappa shape index (κ1) is 11.2. The zero-order valence-corrected chi connectivity index (χ0v) is 10.5. The van der Waals surface area contributed by atoms with Crippen molar-refractivity contribution in [2.75, 3.05) is 5.73 Å². The smallest absolute Gasteiger partial charge is 0.219 e. The van der Waals surface area contributed by atoms with E-state index in [1.165, 1.54) is 18.4 Å². The Morgan fingerprint density at radius 3 is 2.22 bits per heavy atom. The van der Waals surface area contributed by atoms with Crippen LogP contribution in [0.5, 0.6) is 0 Å². The molecule has 2 aromatic rings. The SMILES string of the molecule is C[C@H](c1ccc(-c2cnc(N)nc2)cc1)C1CC1. The van der Waals surface area contributed by atoms with Crippen molar-refractivity contribution in [3.63, 3.8) is 0 Å². The van der Waals surface area contributed by atoms with Crippen LogP contribution >= 0.6 is 0 Å². The van der Waals surface area contributed by atoms with Crippen LogP contribution in [0, 0.1) is 5.92 Å². The standard InChI is InChI=1S/C15H17N3/c1-10(11-2-3-11)12-4-6-13(7-5-12)14-8-17-15(16)18-9-14/h4-11H,2-3H2,1H3,(H2,16,17,18)/t10-/m0/s1. The van der Waals surface area contributed by atoms with E-state index in [4.69, 9.17) is 5.73 Å². The topological polar surface area (TPSA) is 51.8 Å². The highest BCUT2D eigenvalue weighted by atomic mass is 15.0. The second-order valence-corrected chi connectivity index (χ2v) is 5.08. The van der Waals surface area contributed by atoms with E-state index in [9.17, 15) is 0 Å².